The third kappa shape index (κ3) is 5.03. The molecule has 0 spiro atoms. The lowest BCUT2D eigenvalue weighted by atomic mass is 10.2. The molecule has 0 amide bonds. The van der Waals surface area contributed by atoms with Gasteiger partial charge in [-0.25, -0.2) is 8.42 Å². The van der Waals surface area contributed by atoms with E-state index in [0.29, 0.717) is 13.1 Å². The van der Waals surface area contributed by atoms with Crippen LogP contribution in [0.3, 0.4) is 0 Å². The minimum absolute atomic E-state index is 0. The Bertz CT molecular complexity index is 632. The minimum Gasteiger partial charge on any atom is -0.356 e. The fourth-order valence-electron chi connectivity index (χ4n) is 2.52. The van der Waals surface area contributed by atoms with Crippen molar-refractivity contribution < 1.29 is 8.42 Å². The Hall–Kier alpha value is -0.900. The molecule has 1 N–H and O–H groups in total. The maximum absolute atomic E-state index is 12.1. The van der Waals surface area contributed by atoms with Crippen LogP contribution >= 0.6 is 24.0 Å². The number of aromatic nitrogens is 1. The molecule has 1 aliphatic rings. The lowest BCUT2D eigenvalue weighted by Crippen LogP contribution is -2.57. The Kier molecular flexibility index (Phi) is 7.25. The Balaban J connectivity index is 0.00000264. The normalized spacial score (nSPS) is 19.8. The second kappa shape index (κ2) is 8.27. The fourth-order valence-corrected chi connectivity index (χ4v) is 3.89. The predicted molar refractivity (Wildman–Crippen MR) is 104 cm³/mol. The van der Waals surface area contributed by atoms with Gasteiger partial charge >= 0.3 is 0 Å². The first-order valence-corrected chi connectivity index (χ1v) is 9.08. The van der Waals surface area contributed by atoms with E-state index >= 15 is 0 Å². The summed E-state index contributed by atoms with van der Waals surface area (Å²) in [4.78, 5) is 10.4. The van der Waals surface area contributed by atoms with Crippen molar-refractivity contribution in [3.63, 3.8) is 0 Å². The van der Waals surface area contributed by atoms with Crippen LogP contribution in [0.5, 0.6) is 0 Å². The second-order valence-electron chi connectivity index (χ2n) is 6.09. The molecule has 8 heteroatoms. The lowest BCUT2D eigenvalue weighted by molar-refractivity contribution is 0.353. The molecule has 0 saturated carbocycles. The average Bonchev–Trinajstić information content (AvgIpc) is 2.48. The number of rotatable bonds is 3. The topological polar surface area (TPSA) is 74.7 Å². The number of sulfone groups is 1. The molecule has 0 aliphatic carbocycles. The molecule has 1 aromatic rings. The van der Waals surface area contributed by atoms with E-state index in [1.54, 1.807) is 27.1 Å². The minimum atomic E-state index is -3.03. The maximum Gasteiger partial charge on any atom is 0.193 e. The van der Waals surface area contributed by atoms with E-state index in [1.807, 2.05) is 23.2 Å². The van der Waals surface area contributed by atoms with Gasteiger partial charge in [-0.05, 0) is 31.9 Å². The van der Waals surface area contributed by atoms with Crippen molar-refractivity contribution in [3.8, 4) is 0 Å². The molecule has 1 saturated heterocycles. The molecule has 2 rings (SSSR count). The first kappa shape index (κ1) is 20.1. The van der Waals surface area contributed by atoms with Gasteiger partial charge in [-0.2, -0.15) is 0 Å². The van der Waals surface area contributed by atoms with Gasteiger partial charge < -0.3 is 10.2 Å². The van der Waals surface area contributed by atoms with E-state index < -0.39 is 14.6 Å². The van der Waals surface area contributed by atoms with Crippen LogP contribution in [0, 0.1) is 0 Å². The predicted octanol–water partition coefficient (Wildman–Crippen LogP) is 1.33. The molecule has 130 valence electrons. The van der Waals surface area contributed by atoms with E-state index in [1.165, 1.54) is 0 Å². The maximum atomic E-state index is 12.1. The van der Waals surface area contributed by atoms with Crippen molar-refractivity contribution in [3.05, 3.63) is 30.1 Å². The van der Waals surface area contributed by atoms with E-state index in [4.69, 9.17) is 0 Å². The highest BCUT2D eigenvalue weighted by Crippen LogP contribution is 2.23. The van der Waals surface area contributed by atoms with Crippen molar-refractivity contribution in [1.29, 1.82) is 0 Å². The monoisotopic (exact) mass is 452 g/mol. The Morgan fingerprint density at radius 1 is 1.48 bits per heavy atom. The fraction of sp³-hybridized carbons (Fsp3) is 0.600. The standard InChI is InChI=1S/C15H24N4O2S.HI/c1-15(2)12-19(9-10-22(15,20)21)14(16-3)18-8-6-13-5-4-7-17-11-13;/h4-5,7,11H,6,8-10,12H2,1-3H3,(H,16,18);1H. The molecule has 2 heterocycles. The van der Waals surface area contributed by atoms with Gasteiger partial charge in [0.25, 0.3) is 0 Å². The molecule has 0 aromatic carbocycles. The number of guanidine groups is 1. The van der Waals surface area contributed by atoms with Gasteiger partial charge in [-0.15, -0.1) is 24.0 Å². The van der Waals surface area contributed by atoms with E-state index in [9.17, 15) is 8.42 Å². The summed E-state index contributed by atoms with van der Waals surface area (Å²) in [6, 6.07) is 3.95. The highest BCUT2D eigenvalue weighted by Gasteiger charge is 2.40. The van der Waals surface area contributed by atoms with Gasteiger partial charge in [-0.3, -0.25) is 9.98 Å². The lowest BCUT2D eigenvalue weighted by Gasteiger charge is -2.39. The van der Waals surface area contributed by atoms with E-state index in [0.717, 1.165) is 24.5 Å². The van der Waals surface area contributed by atoms with Crippen molar-refractivity contribution >= 4 is 39.8 Å². The number of halogens is 1. The summed E-state index contributed by atoms with van der Waals surface area (Å²) >= 11 is 0. The molecule has 1 aromatic heterocycles. The molecule has 6 nitrogen and oxygen atoms in total. The first-order chi connectivity index (χ1) is 10.4. The number of nitrogens with one attached hydrogen (secondary N) is 1. The summed E-state index contributed by atoms with van der Waals surface area (Å²) in [7, 11) is -1.31. The van der Waals surface area contributed by atoms with Crippen molar-refractivity contribution in [2.75, 3.05) is 32.4 Å². The Morgan fingerprint density at radius 2 is 2.22 bits per heavy atom. The Morgan fingerprint density at radius 3 is 2.78 bits per heavy atom. The third-order valence-corrected chi connectivity index (χ3v) is 6.51. The van der Waals surface area contributed by atoms with Gasteiger partial charge in [0.15, 0.2) is 15.8 Å². The zero-order valence-corrected chi connectivity index (χ0v) is 17.0. The van der Waals surface area contributed by atoms with Crippen LogP contribution in [0.25, 0.3) is 0 Å². The van der Waals surface area contributed by atoms with Crippen LogP contribution in [0.15, 0.2) is 29.5 Å². The second-order valence-corrected chi connectivity index (χ2v) is 8.83. The summed E-state index contributed by atoms with van der Waals surface area (Å²) in [5, 5.41) is 3.31. The summed E-state index contributed by atoms with van der Waals surface area (Å²) < 4.78 is 23.4. The Labute approximate surface area is 155 Å². The molecule has 0 bridgehead atoms. The van der Waals surface area contributed by atoms with Gasteiger partial charge in [0.2, 0.25) is 0 Å². The average molecular weight is 452 g/mol. The zero-order valence-electron chi connectivity index (χ0n) is 13.8. The van der Waals surface area contributed by atoms with Crippen molar-refractivity contribution in [1.82, 2.24) is 15.2 Å². The molecule has 0 unspecified atom stereocenters. The van der Waals surface area contributed by atoms with Crippen molar-refractivity contribution in [2.45, 2.75) is 25.0 Å². The van der Waals surface area contributed by atoms with Crippen LogP contribution < -0.4 is 5.32 Å². The van der Waals surface area contributed by atoms with Gasteiger partial charge in [0, 0.05) is 39.1 Å². The summed E-state index contributed by atoms with van der Waals surface area (Å²) in [5.74, 6) is 0.926. The van der Waals surface area contributed by atoms with Crippen LogP contribution in [0.2, 0.25) is 0 Å². The van der Waals surface area contributed by atoms with Gasteiger partial charge in [-0.1, -0.05) is 6.07 Å². The van der Waals surface area contributed by atoms with E-state index in [2.05, 4.69) is 15.3 Å². The number of nitrogens with zero attached hydrogens (tertiary/aromatic N) is 3. The molecular formula is C15H25IN4O2S. The highest BCUT2D eigenvalue weighted by molar-refractivity contribution is 14.0. The number of hydrogen-bond acceptors (Lipinski definition) is 4. The van der Waals surface area contributed by atoms with Crippen LogP contribution in [0.4, 0.5) is 0 Å². The number of aliphatic imine (C=N–C) groups is 1. The van der Waals surface area contributed by atoms with Gasteiger partial charge in [0.1, 0.15) is 0 Å². The van der Waals surface area contributed by atoms with Crippen LogP contribution in [-0.2, 0) is 16.3 Å². The van der Waals surface area contributed by atoms with Gasteiger partial charge in [0.05, 0.1) is 10.5 Å². The largest absolute Gasteiger partial charge is 0.356 e. The molecule has 0 atom stereocenters. The smallest absolute Gasteiger partial charge is 0.193 e. The summed E-state index contributed by atoms with van der Waals surface area (Å²) in [5.41, 5.74) is 1.16. The summed E-state index contributed by atoms with van der Waals surface area (Å²) in [6.07, 6.45) is 4.45. The number of pyridine rings is 1. The first-order valence-electron chi connectivity index (χ1n) is 7.42. The SMILES string of the molecule is CN=C(NCCc1cccnc1)N1CCS(=O)(=O)C(C)(C)C1.I. The molecule has 1 aliphatic heterocycles. The molecule has 1 fully saturated rings. The van der Waals surface area contributed by atoms with Crippen LogP contribution in [-0.4, -0.2) is 61.4 Å². The number of hydrogen-bond donors (Lipinski definition) is 1. The van der Waals surface area contributed by atoms with Crippen molar-refractivity contribution in [2.24, 2.45) is 4.99 Å². The summed E-state index contributed by atoms with van der Waals surface area (Å²) in [6.45, 7) is 5.23. The quantitative estimate of drug-likeness (QED) is 0.426. The molecule has 23 heavy (non-hydrogen) atoms. The third-order valence-electron chi connectivity index (χ3n) is 3.97. The zero-order chi connectivity index (χ0) is 16.2. The molecule has 0 radical (unpaired) electrons. The molecular weight excluding hydrogens is 427 g/mol. The van der Waals surface area contributed by atoms with E-state index in [-0.39, 0.29) is 29.7 Å². The highest BCUT2D eigenvalue weighted by atomic mass is 127. The van der Waals surface area contributed by atoms with Crippen LogP contribution in [0.1, 0.15) is 19.4 Å².